The zero-order chi connectivity index (χ0) is 21.7. The van der Waals surface area contributed by atoms with Gasteiger partial charge in [0.2, 0.25) is 11.8 Å². The van der Waals surface area contributed by atoms with Gasteiger partial charge in [0.05, 0.1) is 13.0 Å². The molecule has 2 amide bonds. The van der Waals surface area contributed by atoms with Gasteiger partial charge in [0.25, 0.3) is 0 Å². The van der Waals surface area contributed by atoms with Crippen LogP contribution in [0.5, 0.6) is 11.9 Å². The molecular weight excluding hydrogens is 388 g/mol. The first-order valence-electron chi connectivity index (χ1n) is 10.6. The summed E-state index contributed by atoms with van der Waals surface area (Å²) in [6, 6.07) is 1.97. The number of carbonyl (C=O) groups is 2. The molecule has 3 heterocycles. The fourth-order valence-electron chi connectivity index (χ4n) is 3.78. The molecule has 2 fully saturated rings. The molecule has 166 valence electrons. The second-order valence-corrected chi connectivity index (χ2v) is 8.79. The van der Waals surface area contributed by atoms with Gasteiger partial charge in [-0.2, -0.15) is 4.98 Å². The number of nitrogens with zero attached hydrogens (tertiary/aromatic N) is 4. The summed E-state index contributed by atoms with van der Waals surface area (Å²) >= 11 is 0. The first-order chi connectivity index (χ1) is 14.2. The van der Waals surface area contributed by atoms with Gasteiger partial charge in [-0.3, -0.25) is 4.79 Å². The number of aromatic nitrogens is 2. The van der Waals surface area contributed by atoms with Crippen LogP contribution >= 0.6 is 0 Å². The van der Waals surface area contributed by atoms with E-state index in [-0.39, 0.29) is 30.0 Å². The zero-order valence-electron chi connectivity index (χ0n) is 18.3. The average molecular weight is 421 g/mol. The Hall–Kier alpha value is -2.58. The normalized spacial score (nSPS) is 20.6. The third kappa shape index (κ3) is 5.96. The maximum atomic E-state index is 13.0. The number of carbonyl (C=O) groups excluding carboxylic acids is 2. The minimum atomic E-state index is -0.538. The highest BCUT2D eigenvalue weighted by molar-refractivity contribution is 5.80. The maximum Gasteiger partial charge on any atom is 0.410 e. The average Bonchev–Trinajstić information content (AvgIpc) is 2.73. The van der Waals surface area contributed by atoms with Crippen LogP contribution in [0.15, 0.2) is 12.3 Å². The van der Waals surface area contributed by atoms with Crippen molar-refractivity contribution < 1.29 is 23.8 Å². The molecule has 1 atom stereocenters. The summed E-state index contributed by atoms with van der Waals surface area (Å²) in [6.07, 6.45) is 4.34. The number of hydrogen-bond donors (Lipinski definition) is 0. The smallest absolute Gasteiger partial charge is 0.410 e. The van der Waals surface area contributed by atoms with E-state index in [1.807, 2.05) is 25.7 Å². The van der Waals surface area contributed by atoms with E-state index in [2.05, 4.69) is 9.97 Å². The minimum absolute atomic E-state index is 0.00160. The number of ether oxygens (including phenoxy) is 3. The molecule has 0 spiro atoms. The predicted octanol–water partition coefficient (Wildman–Crippen LogP) is 2.50. The highest BCUT2D eigenvalue weighted by atomic mass is 16.6. The van der Waals surface area contributed by atoms with Crippen LogP contribution in [0.4, 0.5) is 4.79 Å². The quantitative estimate of drug-likeness (QED) is 0.739. The van der Waals surface area contributed by atoms with Crippen molar-refractivity contribution in [3.63, 3.8) is 0 Å². The SMILES string of the molecule is COc1nccc(OC2CCN(C(=O)C3CCCN(C(=O)OC(C)(C)C)C3)CC2)n1. The van der Waals surface area contributed by atoms with Crippen LogP contribution in [0.3, 0.4) is 0 Å². The molecule has 30 heavy (non-hydrogen) atoms. The summed E-state index contributed by atoms with van der Waals surface area (Å²) < 4.78 is 16.4. The topological polar surface area (TPSA) is 94.1 Å². The van der Waals surface area contributed by atoms with Crippen LogP contribution in [-0.2, 0) is 9.53 Å². The molecule has 0 radical (unpaired) electrons. The Bertz CT molecular complexity index is 743. The highest BCUT2D eigenvalue weighted by Gasteiger charge is 2.34. The molecule has 1 aromatic heterocycles. The van der Waals surface area contributed by atoms with Gasteiger partial charge in [-0.15, -0.1) is 0 Å². The van der Waals surface area contributed by atoms with Crippen LogP contribution in [-0.4, -0.2) is 76.8 Å². The van der Waals surface area contributed by atoms with E-state index >= 15 is 0 Å². The van der Waals surface area contributed by atoms with Crippen molar-refractivity contribution in [1.29, 1.82) is 0 Å². The Morgan fingerprint density at radius 3 is 2.50 bits per heavy atom. The molecule has 2 saturated heterocycles. The molecule has 1 aromatic rings. The lowest BCUT2D eigenvalue weighted by molar-refractivity contribution is -0.139. The fourth-order valence-corrected chi connectivity index (χ4v) is 3.78. The molecule has 0 aliphatic carbocycles. The van der Waals surface area contributed by atoms with Gasteiger partial charge >= 0.3 is 12.1 Å². The first kappa shape index (κ1) is 22.1. The third-order valence-corrected chi connectivity index (χ3v) is 5.25. The Morgan fingerprint density at radius 2 is 1.83 bits per heavy atom. The van der Waals surface area contributed by atoms with Crippen molar-refractivity contribution in [2.45, 2.75) is 58.2 Å². The van der Waals surface area contributed by atoms with Gasteiger partial charge in [-0.1, -0.05) is 0 Å². The second-order valence-electron chi connectivity index (χ2n) is 8.79. The van der Waals surface area contributed by atoms with Crippen molar-refractivity contribution in [2.75, 3.05) is 33.3 Å². The first-order valence-corrected chi connectivity index (χ1v) is 10.6. The number of piperidine rings is 2. The van der Waals surface area contributed by atoms with E-state index in [1.54, 1.807) is 17.2 Å². The Kier molecular flexibility index (Phi) is 6.99. The molecule has 1 unspecified atom stereocenters. The standard InChI is InChI=1S/C21H32N4O5/c1-21(2,3)30-20(27)25-11-5-6-15(14-25)18(26)24-12-8-16(9-13-24)29-17-7-10-22-19(23-17)28-4/h7,10,15-16H,5-6,8-9,11-14H2,1-4H3. The lowest BCUT2D eigenvalue weighted by Crippen LogP contribution is -2.50. The maximum absolute atomic E-state index is 13.0. The van der Waals surface area contributed by atoms with Crippen molar-refractivity contribution in [3.8, 4) is 11.9 Å². The molecule has 9 nitrogen and oxygen atoms in total. The molecule has 0 saturated carbocycles. The summed E-state index contributed by atoms with van der Waals surface area (Å²) in [4.78, 5) is 37.1. The summed E-state index contributed by atoms with van der Waals surface area (Å²) in [6.45, 7) is 7.87. The number of likely N-dealkylation sites (tertiary alicyclic amines) is 2. The van der Waals surface area contributed by atoms with E-state index < -0.39 is 5.60 Å². The predicted molar refractivity (Wildman–Crippen MR) is 109 cm³/mol. The van der Waals surface area contributed by atoms with Crippen LogP contribution in [0, 0.1) is 5.92 Å². The molecule has 0 aromatic carbocycles. The Balaban J connectivity index is 1.49. The number of methoxy groups -OCH3 is 1. The second kappa shape index (κ2) is 9.49. The molecule has 2 aliphatic rings. The number of rotatable bonds is 4. The van der Waals surface area contributed by atoms with Crippen LogP contribution in [0.25, 0.3) is 0 Å². The van der Waals surface area contributed by atoms with Gasteiger partial charge in [0.15, 0.2) is 0 Å². The minimum Gasteiger partial charge on any atom is -0.474 e. The van der Waals surface area contributed by atoms with Gasteiger partial charge < -0.3 is 24.0 Å². The summed E-state index contributed by atoms with van der Waals surface area (Å²) in [5.74, 6) is 0.423. The molecule has 0 N–H and O–H groups in total. The highest BCUT2D eigenvalue weighted by Crippen LogP contribution is 2.24. The van der Waals surface area contributed by atoms with E-state index in [4.69, 9.17) is 14.2 Å². The van der Waals surface area contributed by atoms with E-state index in [9.17, 15) is 9.59 Å². The summed E-state index contributed by atoms with van der Waals surface area (Å²) in [5.41, 5.74) is -0.538. The summed E-state index contributed by atoms with van der Waals surface area (Å²) in [7, 11) is 1.51. The largest absolute Gasteiger partial charge is 0.474 e. The molecule has 9 heteroatoms. The van der Waals surface area contributed by atoms with Crippen molar-refractivity contribution in [1.82, 2.24) is 19.8 Å². The number of hydrogen-bond acceptors (Lipinski definition) is 7. The zero-order valence-corrected chi connectivity index (χ0v) is 18.3. The summed E-state index contributed by atoms with van der Waals surface area (Å²) in [5, 5.41) is 0. The fraction of sp³-hybridized carbons (Fsp3) is 0.714. The molecule has 0 bridgehead atoms. The third-order valence-electron chi connectivity index (χ3n) is 5.25. The lowest BCUT2D eigenvalue weighted by atomic mass is 9.95. The van der Waals surface area contributed by atoms with Crippen LogP contribution < -0.4 is 9.47 Å². The van der Waals surface area contributed by atoms with Crippen LogP contribution in [0.1, 0.15) is 46.5 Å². The monoisotopic (exact) mass is 420 g/mol. The van der Waals surface area contributed by atoms with Gasteiger partial charge in [0, 0.05) is 51.3 Å². The van der Waals surface area contributed by atoms with E-state index in [0.29, 0.717) is 32.1 Å². The van der Waals surface area contributed by atoms with Crippen molar-refractivity contribution in [3.05, 3.63) is 12.3 Å². The molecule has 2 aliphatic heterocycles. The molecular formula is C21H32N4O5. The van der Waals surface area contributed by atoms with Crippen LogP contribution in [0.2, 0.25) is 0 Å². The number of amides is 2. The van der Waals surface area contributed by atoms with E-state index in [0.717, 1.165) is 25.7 Å². The molecule has 3 rings (SSSR count). The van der Waals surface area contributed by atoms with Gasteiger partial charge in [-0.25, -0.2) is 9.78 Å². The van der Waals surface area contributed by atoms with E-state index in [1.165, 1.54) is 7.11 Å². The van der Waals surface area contributed by atoms with Crippen molar-refractivity contribution >= 4 is 12.0 Å². The Labute approximate surface area is 177 Å². The lowest BCUT2D eigenvalue weighted by Gasteiger charge is -2.38. The van der Waals surface area contributed by atoms with Gasteiger partial charge in [-0.05, 0) is 33.6 Å². The Morgan fingerprint density at radius 1 is 1.10 bits per heavy atom. The van der Waals surface area contributed by atoms with Gasteiger partial charge in [0.1, 0.15) is 11.7 Å². The van der Waals surface area contributed by atoms with Crippen molar-refractivity contribution in [2.24, 2.45) is 5.92 Å².